The summed E-state index contributed by atoms with van der Waals surface area (Å²) in [7, 11) is 1.57. The van der Waals surface area contributed by atoms with E-state index in [0.29, 0.717) is 33.7 Å². The molecule has 6 nitrogen and oxygen atoms in total. The van der Waals surface area contributed by atoms with Gasteiger partial charge in [0.15, 0.2) is 11.5 Å². The van der Waals surface area contributed by atoms with Gasteiger partial charge in [0.1, 0.15) is 11.6 Å². The minimum absolute atomic E-state index is 0.290. The zero-order chi connectivity index (χ0) is 24.8. The van der Waals surface area contributed by atoms with Crippen molar-refractivity contribution in [2.45, 2.75) is 32.8 Å². The molecule has 0 spiro atoms. The molecule has 1 heterocycles. The predicted octanol–water partition coefficient (Wildman–Crippen LogP) is 6.31. The van der Waals surface area contributed by atoms with Gasteiger partial charge in [-0.3, -0.25) is 4.79 Å². The third-order valence-electron chi connectivity index (χ3n) is 5.56. The topological polar surface area (TPSA) is 73.9 Å². The number of anilines is 1. The number of benzene rings is 2. The molecule has 4 rings (SSSR count). The third kappa shape index (κ3) is 6.05. The number of carbonyl (C=O) groups excluding carboxylic acids is 2. The van der Waals surface area contributed by atoms with Crippen LogP contribution in [0.3, 0.4) is 0 Å². The second kappa shape index (κ2) is 11.4. The van der Waals surface area contributed by atoms with E-state index >= 15 is 0 Å². The van der Waals surface area contributed by atoms with E-state index in [9.17, 15) is 9.59 Å². The SMILES string of the molecule is CCOC(=O)c1c(NC(=O)/C=C/c2ccc(OCc3ccc(Cl)cc3)c(OC)c2)sc2c1CCC2. The quantitative estimate of drug-likeness (QED) is 0.269. The van der Waals surface area contributed by atoms with Crippen LogP contribution < -0.4 is 14.8 Å². The molecule has 1 amide bonds. The highest BCUT2D eigenvalue weighted by molar-refractivity contribution is 7.17. The highest BCUT2D eigenvalue weighted by Crippen LogP contribution is 2.39. The van der Waals surface area contributed by atoms with Crippen molar-refractivity contribution >= 4 is 45.9 Å². The maximum Gasteiger partial charge on any atom is 0.341 e. The molecule has 0 saturated heterocycles. The predicted molar refractivity (Wildman–Crippen MR) is 139 cm³/mol. The van der Waals surface area contributed by atoms with Crippen molar-refractivity contribution in [3.8, 4) is 11.5 Å². The van der Waals surface area contributed by atoms with Crippen LogP contribution in [0.4, 0.5) is 5.00 Å². The molecule has 1 aliphatic carbocycles. The molecule has 0 unspecified atom stereocenters. The number of methoxy groups -OCH3 is 1. The van der Waals surface area contributed by atoms with Crippen molar-refractivity contribution in [3.05, 3.63) is 80.7 Å². The number of ether oxygens (including phenoxy) is 3. The first kappa shape index (κ1) is 24.8. The minimum Gasteiger partial charge on any atom is -0.493 e. The Morgan fingerprint density at radius 3 is 2.66 bits per heavy atom. The Balaban J connectivity index is 1.43. The second-order valence-corrected chi connectivity index (χ2v) is 9.47. The van der Waals surface area contributed by atoms with Crippen molar-refractivity contribution in [1.29, 1.82) is 0 Å². The molecule has 1 aromatic heterocycles. The number of fused-ring (bicyclic) bond motifs is 1. The van der Waals surface area contributed by atoms with Crippen LogP contribution >= 0.6 is 22.9 Å². The van der Waals surface area contributed by atoms with Crippen LogP contribution in [0.25, 0.3) is 6.08 Å². The van der Waals surface area contributed by atoms with Gasteiger partial charge in [-0.1, -0.05) is 29.8 Å². The van der Waals surface area contributed by atoms with Crippen LogP contribution in [0.2, 0.25) is 5.02 Å². The molecule has 3 aromatic rings. The van der Waals surface area contributed by atoms with Gasteiger partial charge in [0.25, 0.3) is 0 Å². The zero-order valence-electron chi connectivity index (χ0n) is 19.6. The minimum atomic E-state index is -0.384. The molecule has 0 bridgehead atoms. The van der Waals surface area contributed by atoms with Crippen LogP contribution in [0.15, 0.2) is 48.5 Å². The molecule has 1 N–H and O–H groups in total. The lowest BCUT2D eigenvalue weighted by Gasteiger charge is -2.11. The highest BCUT2D eigenvalue weighted by Gasteiger charge is 2.28. The molecule has 8 heteroatoms. The molecule has 35 heavy (non-hydrogen) atoms. The number of carbonyl (C=O) groups is 2. The fraction of sp³-hybridized carbons (Fsp3) is 0.259. The van der Waals surface area contributed by atoms with Gasteiger partial charge >= 0.3 is 5.97 Å². The lowest BCUT2D eigenvalue weighted by Crippen LogP contribution is -2.13. The van der Waals surface area contributed by atoms with E-state index in [4.69, 9.17) is 25.8 Å². The van der Waals surface area contributed by atoms with Crippen LogP contribution in [0.5, 0.6) is 11.5 Å². The number of rotatable bonds is 9. The number of nitrogens with one attached hydrogen (secondary N) is 1. The Kier molecular flexibility index (Phi) is 8.10. The molecule has 1 aliphatic rings. The highest BCUT2D eigenvalue weighted by atomic mass is 35.5. The lowest BCUT2D eigenvalue weighted by atomic mass is 10.1. The van der Waals surface area contributed by atoms with Crippen LogP contribution in [0, 0.1) is 0 Å². The van der Waals surface area contributed by atoms with Crippen molar-refractivity contribution in [3.63, 3.8) is 0 Å². The first-order chi connectivity index (χ1) is 17.0. The van der Waals surface area contributed by atoms with Crippen molar-refractivity contribution in [2.24, 2.45) is 0 Å². The Bertz CT molecular complexity index is 1250. The summed E-state index contributed by atoms with van der Waals surface area (Å²) in [6.07, 6.45) is 5.89. The number of amides is 1. The smallest absolute Gasteiger partial charge is 0.341 e. The van der Waals surface area contributed by atoms with E-state index in [2.05, 4.69) is 5.32 Å². The van der Waals surface area contributed by atoms with E-state index in [-0.39, 0.29) is 18.5 Å². The number of aryl methyl sites for hydroxylation is 1. The Morgan fingerprint density at radius 2 is 1.91 bits per heavy atom. The average Bonchev–Trinajstić information content (AvgIpc) is 3.43. The molecule has 0 fully saturated rings. The number of thiophene rings is 1. The molecule has 0 aliphatic heterocycles. The Hall–Kier alpha value is -3.29. The average molecular weight is 512 g/mol. The van der Waals surface area contributed by atoms with E-state index in [1.807, 2.05) is 30.3 Å². The number of hydrogen-bond donors (Lipinski definition) is 1. The summed E-state index contributed by atoms with van der Waals surface area (Å²) in [5, 5.41) is 4.08. The third-order valence-corrected chi connectivity index (χ3v) is 7.02. The van der Waals surface area contributed by atoms with Crippen molar-refractivity contribution < 1.29 is 23.8 Å². The van der Waals surface area contributed by atoms with Crippen LogP contribution in [0.1, 0.15) is 45.3 Å². The number of hydrogen-bond acceptors (Lipinski definition) is 6. The number of halogens is 1. The van der Waals surface area contributed by atoms with Gasteiger partial charge in [-0.25, -0.2) is 4.79 Å². The van der Waals surface area contributed by atoms with Gasteiger partial charge in [0.2, 0.25) is 5.91 Å². The number of esters is 1. The fourth-order valence-electron chi connectivity index (χ4n) is 3.89. The van der Waals surface area contributed by atoms with Crippen LogP contribution in [-0.4, -0.2) is 25.6 Å². The maximum atomic E-state index is 12.6. The molecular formula is C27H26ClNO5S. The molecule has 182 valence electrons. The second-order valence-electron chi connectivity index (χ2n) is 7.93. The monoisotopic (exact) mass is 511 g/mol. The van der Waals surface area contributed by atoms with Crippen molar-refractivity contribution in [1.82, 2.24) is 0 Å². The Labute approximate surface area is 213 Å². The van der Waals surface area contributed by atoms with Gasteiger partial charge in [-0.2, -0.15) is 0 Å². The van der Waals surface area contributed by atoms with E-state index in [1.165, 1.54) is 17.4 Å². The summed E-state index contributed by atoms with van der Waals surface area (Å²) in [6.45, 7) is 2.43. The summed E-state index contributed by atoms with van der Waals surface area (Å²) in [5.74, 6) is 0.444. The standard InChI is InChI=1S/C27H26ClNO5S/c1-3-33-27(31)25-20-5-4-6-23(20)35-26(25)29-24(30)14-10-17-9-13-21(22(15-17)32-2)34-16-18-7-11-19(28)12-8-18/h7-15H,3-6,16H2,1-2H3,(H,29,30)/b14-10+. The van der Waals surface area contributed by atoms with Gasteiger partial charge in [-0.15, -0.1) is 11.3 Å². The summed E-state index contributed by atoms with van der Waals surface area (Å²) >= 11 is 7.38. The van der Waals surface area contributed by atoms with Gasteiger partial charge in [0.05, 0.1) is 19.3 Å². The normalized spacial score (nSPS) is 12.4. The summed E-state index contributed by atoms with van der Waals surface area (Å²) in [4.78, 5) is 26.3. The summed E-state index contributed by atoms with van der Waals surface area (Å²) < 4.78 is 16.6. The largest absolute Gasteiger partial charge is 0.493 e. The summed E-state index contributed by atoms with van der Waals surface area (Å²) in [6, 6.07) is 12.9. The van der Waals surface area contributed by atoms with E-state index in [1.54, 1.807) is 32.2 Å². The molecule has 0 saturated carbocycles. The molecule has 2 aromatic carbocycles. The maximum absolute atomic E-state index is 12.6. The van der Waals surface area contributed by atoms with Gasteiger partial charge < -0.3 is 19.5 Å². The first-order valence-corrected chi connectivity index (χ1v) is 12.5. The molecular weight excluding hydrogens is 486 g/mol. The van der Waals surface area contributed by atoms with E-state index in [0.717, 1.165) is 40.8 Å². The summed E-state index contributed by atoms with van der Waals surface area (Å²) in [5.41, 5.74) is 3.26. The first-order valence-electron chi connectivity index (χ1n) is 11.3. The molecule has 0 radical (unpaired) electrons. The zero-order valence-corrected chi connectivity index (χ0v) is 21.1. The van der Waals surface area contributed by atoms with Gasteiger partial charge in [0, 0.05) is 16.0 Å². The van der Waals surface area contributed by atoms with E-state index < -0.39 is 0 Å². The van der Waals surface area contributed by atoms with Crippen molar-refractivity contribution in [2.75, 3.05) is 19.0 Å². The van der Waals surface area contributed by atoms with Crippen LogP contribution in [-0.2, 0) is 29.0 Å². The molecule has 0 atom stereocenters. The van der Waals surface area contributed by atoms with Gasteiger partial charge in [-0.05, 0) is 73.2 Å². The Morgan fingerprint density at radius 1 is 1.11 bits per heavy atom. The lowest BCUT2D eigenvalue weighted by molar-refractivity contribution is -0.111. The fourth-order valence-corrected chi connectivity index (χ4v) is 5.29.